The number of aryl methyl sites for hydroxylation is 1. The zero-order valence-corrected chi connectivity index (χ0v) is 17.6. The summed E-state index contributed by atoms with van der Waals surface area (Å²) in [6.45, 7) is 7.21. The number of nitrogens with zero attached hydrogens (tertiary/aromatic N) is 1. The van der Waals surface area contributed by atoms with E-state index in [0.717, 1.165) is 13.0 Å². The molecule has 0 N–H and O–H groups in total. The Labute approximate surface area is 166 Å². The van der Waals surface area contributed by atoms with Crippen LogP contribution in [0, 0.1) is 0 Å². The second-order valence-corrected chi connectivity index (χ2v) is 7.61. The lowest BCUT2D eigenvalue weighted by Gasteiger charge is -2.09. The van der Waals surface area contributed by atoms with Crippen LogP contribution in [0.5, 0.6) is 5.75 Å². The summed E-state index contributed by atoms with van der Waals surface area (Å²) in [6.07, 6.45) is 24.5. The van der Waals surface area contributed by atoms with Gasteiger partial charge in [0.1, 0.15) is 6.61 Å². The number of ether oxygens (including phenoxy) is 1. The Bertz CT molecular complexity index is 535. The molecule has 0 spiro atoms. The Morgan fingerprint density at radius 3 is 1.93 bits per heavy atom. The van der Waals surface area contributed by atoms with Crippen LogP contribution >= 0.6 is 0 Å². The lowest BCUT2D eigenvalue weighted by Crippen LogP contribution is -2.11. The summed E-state index contributed by atoms with van der Waals surface area (Å²) in [5.74, 6) is 0.419. The lowest BCUT2D eigenvalue weighted by atomic mass is 10.0. The minimum Gasteiger partial charge on any atom is -0.484 e. The molecule has 154 valence electrons. The third-order valence-corrected chi connectivity index (χ3v) is 5.07. The average molecular weight is 376 g/mol. The van der Waals surface area contributed by atoms with Gasteiger partial charge in [0.25, 0.3) is 0 Å². The van der Waals surface area contributed by atoms with Crippen LogP contribution in [0.3, 0.4) is 0 Å². The maximum atomic E-state index is 11.7. The van der Waals surface area contributed by atoms with Crippen molar-refractivity contribution >= 4 is 0 Å². The highest BCUT2D eigenvalue weighted by atomic mass is 16.5. The predicted octanol–water partition coefficient (Wildman–Crippen LogP) is 6.89. The quantitative estimate of drug-likeness (QED) is 0.206. The molecule has 0 unspecified atom stereocenters. The van der Waals surface area contributed by atoms with Crippen molar-refractivity contribution in [2.75, 3.05) is 6.61 Å². The van der Waals surface area contributed by atoms with Gasteiger partial charge < -0.3 is 9.30 Å². The first-order valence-corrected chi connectivity index (χ1v) is 11.2. The summed E-state index contributed by atoms with van der Waals surface area (Å²) in [5, 5.41) is 0. The van der Waals surface area contributed by atoms with Gasteiger partial charge in [-0.25, -0.2) is 0 Å². The first-order chi connectivity index (χ1) is 13.3. The fourth-order valence-corrected chi connectivity index (χ4v) is 3.39. The summed E-state index contributed by atoms with van der Waals surface area (Å²) in [4.78, 5) is 11.7. The molecule has 1 aromatic heterocycles. The Hall–Kier alpha value is -1.51. The van der Waals surface area contributed by atoms with Crippen LogP contribution in [-0.4, -0.2) is 11.2 Å². The van der Waals surface area contributed by atoms with Gasteiger partial charge in [0, 0.05) is 18.8 Å². The number of rotatable bonds is 18. The van der Waals surface area contributed by atoms with E-state index in [2.05, 4.69) is 18.1 Å². The van der Waals surface area contributed by atoms with E-state index in [1.54, 1.807) is 12.1 Å². The highest BCUT2D eigenvalue weighted by molar-refractivity contribution is 5.17. The van der Waals surface area contributed by atoms with E-state index in [1.807, 2.05) is 12.4 Å². The summed E-state index contributed by atoms with van der Waals surface area (Å²) in [6, 6.07) is 1.59. The van der Waals surface area contributed by atoms with Crippen molar-refractivity contribution in [1.82, 2.24) is 4.57 Å². The first-order valence-electron chi connectivity index (χ1n) is 11.2. The molecule has 27 heavy (non-hydrogen) atoms. The first kappa shape index (κ1) is 23.5. The predicted molar refractivity (Wildman–Crippen MR) is 117 cm³/mol. The van der Waals surface area contributed by atoms with Crippen LogP contribution in [0.1, 0.15) is 96.8 Å². The molecule has 0 bridgehead atoms. The van der Waals surface area contributed by atoms with Crippen LogP contribution < -0.4 is 10.2 Å². The van der Waals surface area contributed by atoms with Crippen molar-refractivity contribution in [3.8, 4) is 5.75 Å². The van der Waals surface area contributed by atoms with E-state index in [9.17, 15) is 4.79 Å². The molecule has 0 saturated carbocycles. The highest BCUT2D eigenvalue weighted by Crippen LogP contribution is 2.13. The van der Waals surface area contributed by atoms with Gasteiger partial charge in [-0.05, 0) is 6.42 Å². The van der Waals surface area contributed by atoms with Gasteiger partial charge in [0.05, 0.1) is 6.20 Å². The molecule has 0 aliphatic heterocycles. The van der Waals surface area contributed by atoms with Gasteiger partial charge >= 0.3 is 0 Å². The van der Waals surface area contributed by atoms with E-state index >= 15 is 0 Å². The number of aromatic nitrogens is 1. The Morgan fingerprint density at radius 1 is 0.889 bits per heavy atom. The number of hydrogen-bond acceptors (Lipinski definition) is 2. The zero-order valence-electron chi connectivity index (χ0n) is 17.6. The summed E-state index contributed by atoms with van der Waals surface area (Å²) < 4.78 is 7.46. The summed E-state index contributed by atoms with van der Waals surface area (Å²) in [7, 11) is 0. The zero-order chi connectivity index (χ0) is 19.6. The third-order valence-electron chi connectivity index (χ3n) is 5.07. The van der Waals surface area contributed by atoms with Crippen LogP contribution in [0.25, 0.3) is 0 Å². The fraction of sp³-hybridized carbons (Fsp3) is 0.708. The molecule has 0 fully saturated rings. The monoisotopic (exact) mass is 375 g/mol. The van der Waals surface area contributed by atoms with Crippen LogP contribution in [0.2, 0.25) is 0 Å². The van der Waals surface area contributed by atoms with Gasteiger partial charge in [-0.15, -0.1) is 0 Å². The molecule has 0 aliphatic carbocycles. The highest BCUT2D eigenvalue weighted by Gasteiger charge is 2.01. The maximum absolute atomic E-state index is 11.7. The van der Waals surface area contributed by atoms with E-state index in [4.69, 9.17) is 4.74 Å². The lowest BCUT2D eigenvalue weighted by molar-refractivity contribution is 0.355. The smallest absolute Gasteiger partial charge is 0.223 e. The van der Waals surface area contributed by atoms with Gasteiger partial charge in [-0.2, -0.15) is 0 Å². The van der Waals surface area contributed by atoms with Crippen molar-refractivity contribution in [1.29, 1.82) is 0 Å². The molecule has 3 heteroatoms. The molecule has 0 aliphatic rings. The normalized spacial score (nSPS) is 10.9. The van der Waals surface area contributed by atoms with Crippen molar-refractivity contribution in [3.05, 3.63) is 41.3 Å². The SMILES string of the molecule is C=CCOc1cn(CCCCCCCCCCCCCCCC)ccc1=O. The number of hydrogen-bond donors (Lipinski definition) is 0. The molecule has 0 aromatic carbocycles. The molecule has 1 heterocycles. The van der Waals surface area contributed by atoms with Gasteiger partial charge in [-0.1, -0.05) is 103 Å². The van der Waals surface area contributed by atoms with Crippen molar-refractivity contribution < 1.29 is 4.74 Å². The molecular weight excluding hydrogens is 334 g/mol. The second kappa shape index (κ2) is 16.6. The molecule has 3 nitrogen and oxygen atoms in total. The molecular formula is C24H41NO2. The second-order valence-electron chi connectivity index (χ2n) is 7.61. The van der Waals surface area contributed by atoms with E-state index in [1.165, 1.54) is 83.5 Å². The molecule has 0 radical (unpaired) electrons. The van der Waals surface area contributed by atoms with Crippen LogP contribution in [0.4, 0.5) is 0 Å². The van der Waals surface area contributed by atoms with Crippen LogP contribution in [-0.2, 0) is 6.54 Å². The van der Waals surface area contributed by atoms with Gasteiger partial charge in [-0.3, -0.25) is 4.79 Å². The standard InChI is InChI=1S/C24H41NO2/c1-3-5-6-7-8-9-10-11-12-13-14-15-16-17-19-25-20-18-23(26)24(22-25)27-21-4-2/h4,18,20,22H,2-3,5-17,19,21H2,1H3. The summed E-state index contributed by atoms with van der Waals surface area (Å²) in [5.41, 5.74) is -0.0611. The molecule has 1 rings (SSSR count). The molecule has 1 aromatic rings. The van der Waals surface area contributed by atoms with E-state index in [-0.39, 0.29) is 5.43 Å². The van der Waals surface area contributed by atoms with Crippen molar-refractivity contribution in [2.24, 2.45) is 0 Å². The minimum absolute atomic E-state index is 0.0611. The number of unbranched alkanes of at least 4 members (excludes halogenated alkanes) is 13. The van der Waals surface area contributed by atoms with Crippen molar-refractivity contribution in [2.45, 2.75) is 103 Å². The van der Waals surface area contributed by atoms with Crippen molar-refractivity contribution in [3.63, 3.8) is 0 Å². The molecule has 0 atom stereocenters. The van der Waals surface area contributed by atoms with Gasteiger partial charge in [0.15, 0.2) is 5.75 Å². The Kier molecular flexibility index (Phi) is 14.5. The Balaban J connectivity index is 1.96. The number of pyridine rings is 1. The minimum atomic E-state index is -0.0611. The molecule has 0 amide bonds. The van der Waals surface area contributed by atoms with Gasteiger partial charge in [0.2, 0.25) is 5.43 Å². The maximum Gasteiger partial charge on any atom is 0.223 e. The largest absolute Gasteiger partial charge is 0.484 e. The van der Waals surface area contributed by atoms with E-state index in [0.29, 0.717) is 12.4 Å². The fourth-order valence-electron chi connectivity index (χ4n) is 3.39. The third kappa shape index (κ3) is 12.5. The van der Waals surface area contributed by atoms with E-state index < -0.39 is 0 Å². The topological polar surface area (TPSA) is 31.2 Å². The molecule has 0 saturated heterocycles. The summed E-state index contributed by atoms with van der Waals surface area (Å²) >= 11 is 0. The average Bonchev–Trinajstić information content (AvgIpc) is 2.68. The Morgan fingerprint density at radius 2 is 1.41 bits per heavy atom. The van der Waals surface area contributed by atoms with Crippen LogP contribution in [0.15, 0.2) is 35.9 Å².